The number of nitrogens with one attached hydrogen (secondary N) is 1. The first-order chi connectivity index (χ1) is 12.1. The number of carbonyl (C=O) groups excluding carboxylic acids is 2. The summed E-state index contributed by atoms with van der Waals surface area (Å²) in [5.41, 5.74) is 0.0758. The molecule has 1 saturated carbocycles. The Hall–Kier alpha value is -2.87. The number of fused-ring (bicyclic) bond motifs is 1. The molecule has 1 aliphatic carbocycles. The summed E-state index contributed by atoms with van der Waals surface area (Å²) >= 11 is 0. The summed E-state index contributed by atoms with van der Waals surface area (Å²) in [5.74, 6) is -0.876. The molecule has 5 nitrogen and oxygen atoms in total. The van der Waals surface area contributed by atoms with Crippen LogP contribution in [0.15, 0.2) is 42.5 Å². The van der Waals surface area contributed by atoms with E-state index in [4.69, 9.17) is 4.74 Å². The molecule has 0 heterocycles. The molecule has 25 heavy (non-hydrogen) atoms. The van der Waals surface area contributed by atoms with Gasteiger partial charge in [-0.25, -0.2) is 0 Å². The summed E-state index contributed by atoms with van der Waals surface area (Å²) in [6, 6.07) is 15.8. The second kappa shape index (κ2) is 7.35. The van der Waals surface area contributed by atoms with Crippen molar-refractivity contribution in [1.29, 1.82) is 5.26 Å². The van der Waals surface area contributed by atoms with Crippen molar-refractivity contribution < 1.29 is 14.3 Å². The fourth-order valence-corrected chi connectivity index (χ4v) is 3.35. The third kappa shape index (κ3) is 3.97. The van der Waals surface area contributed by atoms with E-state index in [1.54, 1.807) is 0 Å². The molecule has 1 amide bonds. The Balaban J connectivity index is 1.56. The normalized spacial score (nSPS) is 15.5. The van der Waals surface area contributed by atoms with Crippen LogP contribution in [0.3, 0.4) is 0 Å². The van der Waals surface area contributed by atoms with Crippen molar-refractivity contribution in [3.8, 4) is 6.07 Å². The average molecular weight is 336 g/mol. The fraction of sp³-hybridized carbons (Fsp3) is 0.350. The molecule has 2 aromatic carbocycles. The number of hydrogen-bond donors (Lipinski definition) is 1. The number of nitrogens with zero attached hydrogens (tertiary/aromatic N) is 1. The molecule has 0 aromatic heterocycles. The maximum Gasteiger partial charge on any atom is 0.310 e. The van der Waals surface area contributed by atoms with Gasteiger partial charge in [0.15, 0.2) is 6.61 Å². The predicted octanol–water partition coefficient (Wildman–Crippen LogP) is 2.88. The zero-order valence-electron chi connectivity index (χ0n) is 14.0. The Bertz CT molecular complexity index is 827. The quantitative estimate of drug-likeness (QED) is 0.852. The van der Waals surface area contributed by atoms with Gasteiger partial charge in [-0.15, -0.1) is 0 Å². The van der Waals surface area contributed by atoms with E-state index in [2.05, 4.69) is 11.4 Å². The predicted molar refractivity (Wildman–Crippen MR) is 93.6 cm³/mol. The summed E-state index contributed by atoms with van der Waals surface area (Å²) in [6.07, 6.45) is 3.26. The number of benzene rings is 2. The molecular weight excluding hydrogens is 316 g/mol. The van der Waals surface area contributed by atoms with Crippen LogP contribution in [0.25, 0.3) is 10.8 Å². The van der Waals surface area contributed by atoms with Crippen LogP contribution in [0.4, 0.5) is 0 Å². The third-order valence-electron chi connectivity index (χ3n) is 4.63. The topological polar surface area (TPSA) is 79.2 Å². The molecule has 0 bridgehead atoms. The van der Waals surface area contributed by atoms with Gasteiger partial charge in [0.2, 0.25) is 0 Å². The molecule has 0 atom stereocenters. The zero-order valence-corrected chi connectivity index (χ0v) is 14.0. The van der Waals surface area contributed by atoms with Crippen LogP contribution < -0.4 is 5.32 Å². The van der Waals surface area contributed by atoms with E-state index in [9.17, 15) is 14.9 Å². The number of esters is 1. The molecule has 3 rings (SSSR count). The summed E-state index contributed by atoms with van der Waals surface area (Å²) in [5, 5.41) is 14.0. The van der Waals surface area contributed by atoms with E-state index in [1.165, 1.54) is 0 Å². The summed E-state index contributed by atoms with van der Waals surface area (Å²) in [4.78, 5) is 24.1. The molecule has 2 aromatic rings. The van der Waals surface area contributed by atoms with E-state index >= 15 is 0 Å². The molecule has 128 valence electrons. The van der Waals surface area contributed by atoms with Crippen LogP contribution in [-0.2, 0) is 20.7 Å². The first-order valence-electron chi connectivity index (χ1n) is 8.46. The molecule has 0 radical (unpaired) electrons. The van der Waals surface area contributed by atoms with Gasteiger partial charge in [0, 0.05) is 0 Å². The maximum atomic E-state index is 12.1. The van der Waals surface area contributed by atoms with Crippen LogP contribution in [0, 0.1) is 11.3 Å². The highest BCUT2D eigenvalue weighted by molar-refractivity contribution is 5.89. The highest BCUT2D eigenvalue weighted by atomic mass is 16.5. The smallest absolute Gasteiger partial charge is 0.310 e. The number of hydrogen-bond acceptors (Lipinski definition) is 4. The summed E-state index contributed by atoms with van der Waals surface area (Å²) in [6.45, 7) is -0.354. The molecule has 0 aliphatic heterocycles. The van der Waals surface area contributed by atoms with Crippen molar-refractivity contribution >= 4 is 22.6 Å². The Morgan fingerprint density at radius 1 is 1.12 bits per heavy atom. The second-order valence-corrected chi connectivity index (χ2v) is 6.42. The van der Waals surface area contributed by atoms with Gasteiger partial charge < -0.3 is 10.1 Å². The Morgan fingerprint density at radius 3 is 2.60 bits per heavy atom. The van der Waals surface area contributed by atoms with E-state index < -0.39 is 17.4 Å². The molecule has 1 aliphatic rings. The number of rotatable bonds is 5. The van der Waals surface area contributed by atoms with E-state index in [0.717, 1.165) is 29.2 Å². The molecule has 5 heteroatoms. The standard InChI is InChI=1S/C20H20N2O3/c21-14-20(10-3-4-11-20)22-18(23)13-25-19(24)12-16-8-5-7-15-6-1-2-9-17(15)16/h1-2,5-9H,3-4,10-13H2,(H,22,23). The van der Waals surface area contributed by atoms with Gasteiger partial charge in [0.05, 0.1) is 12.5 Å². The first-order valence-corrected chi connectivity index (χ1v) is 8.46. The minimum atomic E-state index is -0.793. The van der Waals surface area contributed by atoms with Crippen LogP contribution >= 0.6 is 0 Å². The van der Waals surface area contributed by atoms with Crippen molar-refractivity contribution in [2.45, 2.75) is 37.6 Å². The lowest BCUT2D eigenvalue weighted by Crippen LogP contribution is -2.46. The van der Waals surface area contributed by atoms with Crippen LogP contribution in [0.5, 0.6) is 0 Å². The number of carbonyl (C=O) groups is 2. The van der Waals surface area contributed by atoms with Gasteiger partial charge in [-0.1, -0.05) is 42.5 Å². The minimum Gasteiger partial charge on any atom is -0.455 e. The first kappa shape index (κ1) is 17.0. The van der Waals surface area contributed by atoms with Crippen LogP contribution in [0.2, 0.25) is 0 Å². The molecule has 0 spiro atoms. The number of amides is 1. The van der Waals surface area contributed by atoms with Crippen molar-refractivity contribution in [3.05, 3.63) is 48.0 Å². The van der Waals surface area contributed by atoms with Crippen LogP contribution in [0.1, 0.15) is 31.2 Å². The summed E-state index contributed by atoms with van der Waals surface area (Å²) in [7, 11) is 0. The highest BCUT2D eigenvalue weighted by Gasteiger charge is 2.35. The largest absolute Gasteiger partial charge is 0.455 e. The Kier molecular flexibility index (Phi) is 4.99. The zero-order chi connectivity index (χ0) is 17.7. The number of ether oxygens (including phenoxy) is 1. The molecule has 1 fully saturated rings. The Labute approximate surface area is 146 Å². The highest BCUT2D eigenvalue weighted by Crippen LogP contribution is 2.28. The molecule has 1 N–H and O–H groups in total. The SMILES string of the molecule is N#CC1(NC(=O)COC(=O)Cc2cccc3ccccc23)CCCC1. The van der Waals surface area contributed by atoms with E-state index in [0.29, 0.717) is 12.8 Å². The van der Waals surface area contributed by atoms with E-state index in [1.807, 2.05) is 42.5 Å². The van der Waals surface area contributed by atoms with Gasteiger partial charge in [0.25, 0.3) is 5.91 Å². The Morgan fingerprint density at radius 2 is 1.84 bits per heavy atom. The van der Waals surface area contributed by atoms with Crippen molar-refractivity contribution in [1.82, 2.24) is 5.32 Å². The summed E-state index contributed by atoms with van der Waals surface area (Å²) < 4.78 is 5.10. The van der Waals surface area contributed by atoms with Crippen molar-refractivity contribution in [2.24, 2.45) is 0 Å². The lowest BCUT2D eigenvalue weighted by Gasteiger charge is -2.21. The number of nitriles is 1. The van der Waals surface area contributed by atoms with Gasteiger partial charge in [-0.05, 0) is 42.0 Å². The molecule has 0 unspecified atom stereocenters. The van der Waals surface area contributed by atoms with Crippen molar-refractivity contribution in [3.63, 3.8) is 0 Å². The van der Waals surface area contributed by atoms with Crippen molar-refractivity contribution in [2.75, 3.05) is 6.61 Å². The monoisotopic (exact) mass is 336 g/mol. The van der Waals surface area contributed by atoms with Gasteiger partial charge in [0.1, 0.15) is 5.54 Å². The van der Waals surface area contributed by atoms with Crippen LogP contribution in [-0.4, -0.2) is 24.0 Å². The molecular formula is C20H20N2O3. The lowest BCUT2D eigenvalue weighted by molar-refractivity contribution is -0.148. The second-order valence-electron chi connectivity index (χ2n) is 6.42. The van der Waals surface area contributed by atoms with Gasteiger partial charge >= 0.3 is 5.97 Å². The lowest BCUT2D eigenvalue weighted by atomic mass is 10.00. The fourth-order valence-electron chi connectivity index (χ4n) is 3.35. The molecule has 0 saturated heterocycles. The average Bonchev–Trinajstić information content (AvgIpc) is 3.09. The minimum absolute atomic E-state index is 0.109. The van der Waals surface area contributed by atoms with Gasteiger partial charge in [-0.3, -0.25) is 9.59 Å². The van der Waals surface area contributed by atoms with Gasteiger partial charge in [-0.2, -0.15) is 5.26 Å². The van der Waals surface area contributed by atoms with E-state index in [-0.39, 0.29) is 13.0 Å². The maximum absolute atomic E-state index is 12.1. The third-order valence-corrected chi connectivity index (χ3v) is 4.63.